The fourth-order valence-corrected chi connectivity index (χ4v) is 4.08. The van der Waals surface area contributed by atoms with Gasteiger partial charge in [0.15, 0.2) is 0 Å². The monoisotopic (exact) mass is 403 g/mol. The van der Waals surface area contributed by atoms with Crippen LogP contribution in [0, 0.1) is 0 Å². The van der Waals surface area contributed by atoms with Gasteiger partial charge >= 0.3 is 0 Å². The van der Waals surface area contributed by atoms with E-state index in [1.165, 1.54) is 7.11 Å². The number of hydrogen-bond acceptors (Lipinski definition) is 5. The number of hydrogen-bond donors (Lipinski definition) is 0. The summed E-state index contributed by atoms with van der Waals surface area (Å²) in [7, 11) is -2.10. The molecule has 1 amide bonds. The van der Waals surface area contributed by atoms with Crippen LogP contribution >= 0.6 is 0 Å². The molecule has 0 aliphatic carbocycles. The number of para-hydroxylation sites is 1. The van der Waals surface area contributed by atoms with Gasteiger partial charge in [-0.25, -0.2) is 8.42 Å². The van der Waals surface area contributed by atoms with E-state index in [1.807, 2.05) is 30.3 Å². The number of nitrogens with zero attached hydrogens (tertiary/aromatic N) is 3. The zero-order valence-corrected chi connectivity index (χ0v) is 16.9. The van der Waals surface area contributed by atoms with Crippen LogP contribution in [0.15, 0.2) is 54.6 Å². The Morgan fingerprint density at radius 1 is 1.04 bits per heavy atom. The van der Waals surface area contributed by atoms with Gasteiger partial charge in [-0.2, -0.15) is 0 Å². The van der Waals surface area contributed by atoms with Crippen molar-refractivity contribution in [3.05, 3.63) is 54.6 Å². The molecule has 0 bridgehead atoms. The predicted molar refractivity (Wildman–Crippen MR) is 110 cm³/mol. The number of methoxy groups -OCH3 is 1. The lowest BCUT2D eigenvalue weighted by atomic mass is 10.2. The number of rotatable bonds is 6. The number of sulfonamides is 1. The van der Waals surface area contributed by atoms with Gasteiger partial charge in [0.2, 0.25) is 15.9 Å². The van der Waals surface area contributed by atoms with Crippen LogP contribution in [-0.2, 0) is 14.8 Å². The average molecular weight is 404 g/mol. The number of amides is 1. The quantitative estimate of drug-likeness (QED) is 0.736. The van der Waals surface area contributed by atoms with E-state index in [-0.39, 0.29) is 12.5 Å². The Bertz CT molecular complexity index is 910. The summed E-state index contributed by atoms with van der Waals surface area (Å²) in [5.74, 6) is 0.330. The number of benzene rings is 2. The van der Waals surface area contributed by atoms with Gasteiger partial charge in [0.05, 0.1) is 19.1 Å². The zero-order chi connectivity index (χ0) is 20.1. The first-order valence-corrected chi connectivity index (χ1v) is 10.9. The van der Waals surface area contributed by atoms with Gasteiger partial charge in [-0.15, -0.1) is 0 Å². The summed E-state index contributed by atoms with van der Waals surface area (Å²) in [4.78, 5) is 16.7. The van der Waals surface area contributed by atoms with Crippen LogP contribution in [0.2, 0.25) is 0 Å². The zero-order valence-electron chi connectivity index (χ0n) is 16.1. The van der Waals surface area contributed by atoms with E-state index in [1.54, 1.807) is 29.2 Å². The number of ether oxygens (including phenoxy) is 1. The molecule has 2 aromatic rings. The molecule has 1 aliphatic heterocycles. The van der Waals surface area contributed by atoms with E-state index in [9.17, 15) is 13.2 Å². The Morgan fingerprint density at radius 2 is 1.71 bits per heavy atom. The predicted octanol–water partition coefficient (Wildman–Crippen LogP) is 1.81. The summed E-state index contributed by atoms with van der Waals surface area (Å²) in [5, 5.41) is 0. The first-order chi connectivity index (χ1) is 13.4. The molecule has 1 fully saturated rings. The highest BCUT2D eigenvalue weighted by Crippen LogP contribution is 2.23. The Labute approximate surface area is 166 Å². The maximum absolute atomic E-state index is 12.8. The van der Waals surface area contributed by atoms with Crippen molar-refractivity contribution in [2.75, 3.05) is 55.3 Å². The van der Waals surface area contributed by atoms with Crippen molar-refractivity contribution >= 4 is 27.3 Å². The summed E-state index contributed by atoms with van der Waals surface area (Å²) in [6.07, 6.45) is 1.10. The number of piperazine rings is 1. The standard InChI is InChI=1S/C20H25N3O4S/c1-27-19-10-6-9-18(15-19)23(28(2,25)26)16-20(24)22-13-11-21(12-14-22)17-7-4-3-5-8-17/h3-10,15H,11-14,16H2,1-2H3. The van der Waals surface area contributed by atoms with Gasteiger partial charge in [-0.3, -0.25) is 9.10 Å². The molecule has 0 atom stereocenters. The molecule has 1 saturated heterocycles. The van der Waals surface area contributed by atoms with E-state index >= 15 is 0 Å². The highest BCUT2D eigenvalue weighted by molar-refractivity contribution is 7.92. The van der Waals surface area contributed by atoms with Crippen molar-refractivity contribution in [1.82, 2.24) is 4.90 Å². The first-order valence-electron chi connectivity index (χ1n) is 9.08. The van der Waals surface area contributed by atoms with E-state index in [4.69, 9.17) is 4.74 Å². The normalized spacial score (nSPS) is 14.6. The summed E-state index contributed by atoms with van der Waals surface area (Å²) in [5.41, 5.74) is 1.54. The van der Waals surface area contributed by atoms with Crippen LogP contribution < -0.4 is 13.9 Å². The van der Waals surface area contributed by atoms with Crippen LogP contribution in [0.3, 0.4) is 0 Å². The molecule has 1 aliphatic rings. The number of anilines is 2. The topological polar surface area (TPSA) is 70.2 Å². The van der Waals surface area contributed by atoms with Crippen molar-refractivity contribution in [3.8, 4) is 5.75 Å². The first kappa shape index (κ1) is 20.0. The fraction of sp³-hybridized carbons (Fsp3) is 0.350. The second-order valence-electron chi connectivity index (χ2n) is 6.67. The third-order valence-electron chi connectivity index (χ3n) is 4.77. The minimum atomic E-state index is -3.61. The van der Waals surface area contributed by atoms with Crippen molar-refractivity contribution in [3.63, 3.8) is 0 Å². The average Bonchev–Trinajstić information content (AvgIpc) is 2.71. The number of carbonyl (C=O) groups excluding carboxylic acids is 1. The summed E-state index contributed by atoms with van der Waals surface area (Å²) < 4.78 is 30.9. The van der Waals surface area contributed by atoms with Crippen molar-refractivity contribution in [2.45, 2.75) is 0 Å². The summed E-state index contributed by atoms with van der Waals surface area (Å²) in [6, 6.07) is 16.8. The lowest BCUT2D eigenvalue weighted by Gasteiger charge is -2.37. The molecular weight excluding hydrogens is 378 g/mol. The molecule has 1 heterocycles. The molecule has 0 radical (unpaired) electrons. The lowest BCUT2D eigenvalue weighted by Crippen LogP contribution is -2.52. The highest BCUT2D eigenvalue weighted by Gasteiger charge is 2.26. The van der Waals surface area contributed by atoms with Crippen LogP contribution in [0.1, 0.15) is 0 Å². The van der Waals surface area contributed by atoms with E-state index in [0.717, 1.165) is 16.2 Å². The van der Waals surface area contributed by atoms with Gasteiger partial charge in [-0.1, -0.05) is 24.3 Å². The highest BCUT2D eigenvalue weighted by atomic mass is 32.2. The minimum Gasteiger partial charge on any atom is -0.497 e. The second kappa shape index (κ2) is 8.52. The van der Waals surface area contributed by atoms with E-state index < -0.39 is 10.0 Å². The van der Waals surface area contributed by atoms with Gasteiger partial charge in [0, 0.05) is 37.9 Å². The largest absolute Gasteiger partial charge is 0.497 e. The van der Waals surface area contributed by atoms with Gasteiger partial charge in [-0.05, 0) is 24.3 Å². The second-order valence-corrected chi connectivity index (χ2v) is 8.58. The number of carbonyl (C=O) groups is 1. The Hall–Kier alpha value is -2.74. The SMILES string of the molecule is COc1cccc(N(CC(=O)N2CCN(c3ccccc3)CC2)S(C)(=O)=O)c1. The summed E-state index contributed by atoms with van der Waals surface area (Å²) in [6.45, 7) is 2.33. The van der Waals surface area contributed by atoms with Gasteiger partial charge in [0.25, 0.3) is 0 Å². The summed E-state index contributed by atoms with van der Waals surface area (Å²) >= 11 is 0. The van der Waals surface area contributed by atoms with Gasteiger partial charge < -0.3 is 14.5 Å². The molecule has 8 heteroatoms. The van der Waals surface area contributed by atoms with Crippen LogP contribution in [0.4, 0.5) is 11.4 Å². The molecule has 150 valence electrons. The van der Waals surface area contributed by atoms with E-state index in [2.05, 4.69) is 4.90 Å². The lowest BCUT2D eigenvalue weighted by molar-refractivity contribution is -0.129. The Morgan fingerprint density at radius 3 is 2.32 bits per heavy atom. The molecule has 0 unspecified atom stereocenters. The molecule has 7 nitrogen and oxygen atoms in total. The molecule has 0 aromatic heterocycles. The third kappa shape index (κ3) is 4.75. The molecule has 0 saturated carbocycles. The van der Waals surface area contributed by atoms with Crippen LogP contribution in [0.5, 0.6) is 5.75 Å². The van der Waals surface area contributed by atoms with Crippen molar-refractivity contribution in [2.24, 2.45) is 0 Å². The van der Waals surface area contributed by atoms with Crippen molar-refractivity contribution in [1.29, 1.82) is 0 Å². The minimum absolute atomic E-state index is 0.207. The third-order valence-corrected chi connectivity index (χ3v) is 5.91. The smallest absolute Gasteiger partial charge is 0.243 e. The Balaban J connectivity index is 1.68. The molecular formula is C20H25N3O4S. The van der Waals surface area contributed by atoms with Crippen LogP contribution in [0.25, 0.3) is 0 Å². The molecule has 28 heavy (non-hydrogen) atoms. The maximum atomic E-state index is 12.8. The molecule has 0 N–H and O–H groups in total. The molecule has 0 spiro atoms. The van der Waals surface area contributed by atoms with Crippen molar-refractivity contribution < 1.29 is 17.9 Å². The molecule has 2 aromatic carbocycles. The van der Waals surface area contributed by atoms with Crippen LogP contribution in [-0.4, -0.2) is 65.3 Å². The molecule has 3 rings (SSSR count). The maximum Gasteiger partial charge on any atom is 0.243 e. The Kier molecular flexibility index (Phi) is 6.08. The van der Waals surface area contributed by atoms with Gasteiger partial charge in [0.1, 0.15) is 12.3 Å². The fourth-order valence-electron chi connectivity index (χ4n) is 3.24. The van der Waals surface area contributed by atoms with E-state index in [0.29, 0.717) is 37.6 Å².